The fourth-order valence-electron chi connectivity index (χ4n) is 3.28. The molecule has 1 aliphatic rings. The summed E-state index contributed by atoms with van der Waals surface area (Å²) in [5.74, 6) is -0.748. The number of likely N-dealkylation sites (N-methyl/N-ethyl adjacent to an activating group) is 2. The van der Waals surface area contributed by atoms with E-state index in [1.54, 1.807) is 25.3 Å². The van der Waals surface area contributed by atoms with Crippen LogP contribution in [0, 0.1) is 0 Å². The molecule has 1 heterocycles. The molecule has 1 fully saturated rings. The molecule has 0 aliphatic carbocycles. The zero-order valence-electron chi connectivity index (χ0n) is 15.4. The van der Waals surface area contributed by atoms with E-state index in [9.17, 15) is 9.59 Å². The fourth-order valence-corrected chi connectivity index (χ4v) is 3.75. The predicted molar refractivity (Wildman–Crippen MR) is 105 cm³/mol. The van der Waals surface area contributed by atoms with Gasteiger partial charge in [-0.3, -0.25) is 9.59 Å². The number of hydrogen-bond donors (Lipinski definition) is 0. The summed E-state index contributed by atoms with van der Waals surface area (Å²) in [4.78, 5) is 29.1. The molecule has 0 radical (unpaired) electrons. The molecule has 2 aromatic rings. The number of methoxy groups -OCH3 is 1. The van der Waals surface area contributed by atoms with Crippen molar-refractivity contribution in [1.82, 2.24) is 9.80 Å². The Morgan fingerprint density at radius 2 is 1.56 bits per heavy atom. The van der Waals surface area contributed by atoms with E-state index in [2.05, 4.69) is 0 Å². The van der Waals surface area contributed by atoms with Crippen LogP contribution < -0.4 is 0 Å². The highest BCUT2D eigenvalue weighted by molar-refractivity contribution is 6.24. The first-order valence-corrected chi connectivity index (χ1v) is 8.94. The van der Waals surface area contributed by atoms with Crippen LogP contribution in [0.25, 0.3) is 6.08 Å². The van der Waals surface area contributed by atoms with Crippen molar-refractivity contribution in [3.05, 3.63) is 77.5 Å². The molecule has 1 aliphatic heterocycles. The van der Waals surface area contributed by atoms with Gasteiger partial charge >= 0.3 is 0 Å². The van der Waals surface area contributed by atoms with E-state index in [4.69, 9.17) is 16.3 Å². The Morgan fingerprint density at radius 3 is 2.11 bits per heavy atom. The molecular weight excluding hydrogens is 364 g/mol. The Labute approximate surface area is 163 Å². The summed E-state index contributed by atoms with van der Waals surface area (Å²) in [5, 5.41) is -0.870. The van der Waals surface area contributed by atoms with E-state index in [0.29, 0.717) is 5.56 Å². The number of halogens is 1. The number of rotatable bonds is 4. The molecule has 6 heteroatoms. The molecule has 2 aromatic carbocycles. The molecule has 0 aromatic heterocycles. The lowest BCUT2D eigenvalue weighted by Gasteiger charge is -2.48. The number of ether oxygens (including phenoxy) is 1. The number of piperazine rings is 1. The van der Waals surface area contributed by atoms with Gasteiger partial charge in [-0.15, -0.1) is 11.6 Å². The van der Waals surface area contributed by atoms with Crippen molar-refractivity contribution in [1.29, 1.82) is 0 Å². The van der Waals surface area contributed by atoms with Crippen LogP contribution in [0.1, 0.15) is 16.5 Å². The van der Waals surface area contributed by atoms with Crippen molar-refractivity contribution in [2.75, 3.05) is 21.2 Å². The first-order chi connectivity index (χ1) is 12.9. The molecule has 0 unspecified atom stereocenters. The minimum Gasteiger partial charge on any atom is -0.349 e. The van der Waals surface area contributed by atoms with Gasteiger partial charge in [0.25, 0.3) is 11.8 Å². The zero-order valence-corrected chi connectivity index (χ0v) is 16.2. The van der Waals surface area contributed by atoms with Crippen molar-refractivity contribution in [2.45, 2.75) is 11.1 Å². The van der Waals surface area contributed by atoms with Crippen LogP contribution in [0.15, 0.2) is 66.4 Å². The van der Waals surface area contributed by atoms with E-state index in [1.165, 1.54) is 24.0 Å². The third-order valence-corrected chi connectivity index (χ3v) is 5.39. The average molecular weight is 385 g/mol. The Balaban J connectivity index is 2.06. The van der Waals surface area contributed by atoms with Gasteiger partial charge in [-0.25, -0.2) is 0 Å². The molecule has 1 saturated heterocycles. The monoisotopic (exact) mass is 384 g/mol. The molecular formula is C21H21ClN2O3. The number of benzene rings is 2. The number of nitrogens with zero attached hydrogens (tertiary/aromatic N) is 2. The SMILES string of the molecule is CO[C@]1([C@@H](Cl)c2ccccc2)C(=O)N(C)/C(=C/c2ccccc2)C(=O)N1C. The third-order valence-electron chi connectivity index (χ3n) is 4.84. The Morgan fingerprint density at radius 1 is 1.00 bits per heavy atom. The second-order valence-corrected chi connectivity index (χ2v) is 6.78. The van der Waals surface area contributed by atoms with E-state index >= 15 is 0 Å². The summed E-state index contributed by atoms with van der Waals surface area (Å²) >= 11 is 6.68. The van der Waals surface area contributed by atoms with Crippen LogP contribution in [0.3, 0.4) is 0 Å². The number of hydrogen-bond acceptors (Lipinski definition) is 3. The van der Waals surface area contributed by atoms with Crippen LogP contribution >= 0.6 is 11.6 Å². The topological polar surface area (TPSA) is 49.9 Å². The molecule has 0 saturated carbocycles. The maximum atomic E-state index is 13.3. The predicted octanol–water partition coefficient (Wildman–Crippen LogP) is 3.28. The van der Waals surface area contributed by atoms with Crippen molar-refractivity contribution in [3.63, 3.8) is 0 Å². The Kier molecular flexibility index (Phi) is 5.35. The molecule has 140 valence electrons. The third kappa shape index (κ3) is 3.13. The van der Waals surface area contributed by atoms with E-state index < -0.39 is 17.0 Å². The molecule has 0 bridgehead atoms. The summed E-state index contributed by atoms with van der Waals surface area (Å²) in [6.07, 6.45) is 1.68. The summed E-state index contributed by atoms with van der Waals surface area (Å²) in [7, 11) is 4.48. The van der Waals surface area contributed by atoms with E-state index in [1.807, 2.05) is 48.5 Å². The number of carbonyl (C=O) groups excluding carboxylic acids is 2. The molecule has 3 rings (SSSR count). The fraction of sp³-hybridized carbons (Fsp3) is 0.238. The van der Waals surface area contributed by atoms with Gasteiger partial charge in [-0.1, -0.05) is 60.7 Å². The average Bonchev–Trinajstić information content (AvgIpc) is 2.72. The highest BCUT2D eigenvalue weighted by atomic mass is 35.5. The minimum atomic E-state index is -1.64. The molecule has 2 amide bonds. The van der Waals surface area contributed by atoms with Crippen LogP contribution in [0.4, 0.5) is 0 Å². The summed E-state index contributed by atoms with van der Waals surface area (Å²) in [5.41, 5.74) is 0.142. The van der Waals surface area contributed by atoms with Crippen molar-refractivity contribution in [2.24, 2.45) is 0 Å². The minimum absolute atomic E-state index is 0.262. The number of carbonyl (C=O) groups is 2. The second kappa shape index (κ2) is 7.55. The van der Waals surface area contributed by atoms with Gasteiger partial charge in [-0.2, -0.15) is 0 Å². The van der Waals surface area contributed by atoms with Gasteiger partial charge < -0.3 is 14.5 Å². The molecule has 0 spiro atoms. The maximum absolute atomic E-state index is 13.3. The highest BCUT2D eigenvalue weighted by Gasteiger charge is 2.57. The van der Waals surface area contributed by atoms with Crippen molar-refractivity contribution in [3.8, 4) is 0 Å². The zero-order chi connectivity index (χ0) is 19.6. The van der Waals surface area contributed by atoms with Crippen molar-refractivity contribution >= 4 is 29.5 Å². The van der Waals surface area contributed by atoms with Gasteiger partial charge in [0.2, 0.25) is 5.72 Å². The lowest BCUT2D eigenvalue weighted by molar-refractivity contribution is -0.191. The number of amides is 2. The normalized spacial score (nSPS) is 23.0. The smallest absolute Gasteiger partial charge is 0.282 e. The molecule has 27 heavy (non-hydrogen) atoms. The first-order valence-electron chi connectivity index (χ1n) is 8.50. The quantitative estimate of drug-likeness (QED) is 0.600. The van der Waals surface area contributed by atoms with Gasteiger partial charge in [0.15, 0.2) is 0 Å². The van der Waals surface area contributed by atoms with Crippen LogP contribution in [-0.4, -0.2) is 48.5 Å². The lowest BCUT2D eigenvalue weighted by atomic mass is 9.95. The molecule has 0 N–H and O–H groups in total. The van der Waals surface area contributed by atoms with Gasteiger partial charge in [-0.05, 0) is 17.2 Å². The highest BCUT2D eigenvalue weighted by Crippen LogP contribution is 2.42. The summed E-state index contributed by atoms with van der Waals surface area (Å²) < 4.78 is 5.61. The Bertz CT molecular complexity index is 870. The second-order valence-electron chi connectivity index (χ2n) is 6.34. The van der Waals surface area contributed by atoms with Gasteiger partial charge in [0, 0.05) is 21.2 Å². The van der Waals surface area contributed by atoms with Crippen LogP contribution in [0.2, 0.25) is 0 Å². The van der Waals surface area contributed by atoms with Crippen molar-refractivity contribution < 1.29 is 14.3 Å². The summed E-state index contributed by atoms with van der Waals surface area (Å²) in [6, 6.07) is 18.5. The van der Waals surface area contributed by atoms with Gasteiger partial charge in [0.1, 0.15) is 11.1 Å². The lowest BCUT2D eigenvalue weighted by Crippen LogP contribution is -2.67. The first kappa shape index (κ1) is 19.1. The van der Waals surface area contributed by atoms with Crippen LogP contribution in [-0.2, 0) is 14.3 Å². The summed E-state index contributed by atoms with van der Waals surface area (Å²) in [6.45, 7) is 0. The maximum Gasteiger partial charge on any atom is 0.282 e. The van der Waals surface area contributed by atoms with Gasteiger partial charge in [0.05, 0.1) is 0 Å². The Hall–Kier alpha value is -2.63. The standard InChI is InChI=1S/C21H21ClN2O3/c1-23-17(14-15-10-6-4-7-11-15)19(25)24(2)21(27-3,20(23)26)18(22)16-12-8-5-9-13-16/h4-14,18H,1-3H3/b17-14+/t18-,21+/m0/s1. The molecule has 2 atom stereocenters. The largest absolute Gasteiger partial charge is 0.349 e. The van der Waals surface area contributed by atoms with Crippen LogP contribution in [0.5, 0.6) is 0 Å². The number of alkyl halides is 1. The van der Waals surface area contributed by atoms with E-state index in [0.717, 1.165) is 5.56 Å². The molecule has 5 nitrogen and oxygen atoms in total. The van der Waals surface area contributed by atoms with E-state index in [-0.39, 0.29) is 11.6 Å².